The molecule has 1 radical (unpaired) electrons. The smallest absolute Gasteiger partial charge is 0.741 e. The van der Waals surface area contributed by atoms with Gasteiger partial charge in [-0.3, -0.25) is 0 Å². The maximum atomic E-state index is 9.76. The molecule has 0 bridgehead atoms. The largest absolute Gasteiger partial charge is 2.00 e. The van der Waals surface area contributed by atoms with Crippen molar-refractivity contribution in [3.05, 3.63) is 0 Å². The summed E-state index contributed by atoms with van der Waals surface area (Å²) in [7, 11) is 0. The first-order valence-electron chi connectivity index (χ1n) is 5.06. The van der Waals surface area contributed by atoms with E-state index in [-0.39, 0.29) is 33.1 Å². The summed E-state index contributed by atoms with van der Waals surface area (Å²) in [6.45, 7) is -0.771. The predicted octanol–water partition coefficient (Wildman–Crippen LogP) is -3.88. The van der Waals surface area contributed by atoms with Gasteiger partial charge in [-0.2, -0.15) is 20.4 Å². The fraction of sp³-hybridized carbons (Fsp3) is 0.500. The van der Waals surface area contributed by atoms with Gasteiger partial charge < -0.3 is 57.2 Å². The summed E-state index contributed by atoms with van der Waals surface area (Å²) >= 11 is 8.90. The molecule has 0 amide bonds. The number of nitrogens with zero attached hydrogens (tertiary/aromatic N) is 4. The molecule has 3 unspecified atom stereocenters. The van der Waals surface area contributed by atoms with Crippen molar-refractivity contribution >= 4 is 47.5 Å². The molecule has 0 fully saturated rings. The van der Waals surface area contributed by atoms with Crippen LogP contribution in [0.4, 0.5) is 0 Å². The molecule has 3 atom stereocenters. The molecule has 0 aromatic carbocycles. The minimum atomic E-state index is -1.74. The minimum Gasteiger partial charge on any atom is -0.741 e. The fourth-order valence-corrected chi connectivity index (χ4v) is 0.995. The monoisotopic (exact) mass is 385 g/mol. The van der Waals surface area contributed by atoms with Gasteiger partial charge in [0.05, 0.1) is 12.8 Å². The van der Waals surface area contributed by atoms with Crippen molar-refractivity contribution in [3.8, 4) is 0 Å². The maximum absolute atomic E-state index is 9.76. The summed E-state index contributed by atoms with van der Waals surface area (Å²) < 4.78 is 0. The Morgan fingerprint density at radius 1 is 1.05 bits per heavy atom. The predicted molar refractivity (Wildman–Crippen MR) is 79.0 cm³/mol. The van der Waals surface area contributed by atoms with E-state index in [1.807, 2.05) is 0 Å². The summed E-state index contributed by atoms with van der Waals surface area (Å²) in [6, 6.07) is 0. The number of aliphatic hydroxyl groups excluding tert-OH is 4. The number of hydrogen-bond acceptors (Lipinski definition) is 10. The molecule has 0 heterocycles. The Balaban J connectivity index is 0. The topological polar surface area (TPSA) is 182 Å². The van der Waals surface area contributed by atoms with Crippen LogP contribution >= 0.6 is 0 Å². The van der Waals surface area contributed by atoms with Crippen molar-refractivity contribution in [2.24, 2.45) is 31.9 Å². The average Bonchev–Trinajstić information content (AvgIpc) is 2.39. The summed E-state index contributed by atoms with van der Waals surface area (Å²) in [6.07, 6.45) is -4.17. The molecule has 123 valence electrons. The van der Waals surface area contributed by atoms with E-state index in [1.54, 1.807) is 0 Å². The average molecular weight is 386 g/mol. The molecule has 0 aliphatic heterocycles. The third-order valence-corrected chi connectivity index (χ3v) is 1.98. The van der Waals surface area contributed by atoms with Gasteiger partial charge in [0.1, 0.15) is 24.0 Å². The number of hydrogen-bond donors (Lipinski definition) is 6. The Kier molecular flexibility index (Phi) is 12.5. The molecule has 0 saturated carbocycles. The van der Waals surface area contributed by atoms with Gasteiger partial charge in [-0.15, -0.1) is 0 Å². The Hall–Kier alpha value is -0.921. The summed E-state index contributed by atoms with van der Waals surface area (Å²) in [4.78, 5) is 0. The molecule has 0 aromatic heterocycles. The molecule has 10 nitrogen and oxygen atoms in total. The summed E-state index contributed by atoms with van der Waals surface area (Å²) in [5.41, 5.74) is 9.84. The molecule has 0 spiro atoms. The van der Waals surface area contributed by atoms with Crippen molar-refractivity contribution in [3.63, 3.8) is 0 Å². The number of rotatable bonds is 7. The van der Waals surface area contributed by atoms with Gasteiger partial charge in [-0.1, -0.05) is 0 Å². The van der Waals surface area contributed by atoms with Crippen LogP contribution in [0.25, 0.3) is 0 Å². The summed E-state index contributed by atoms with van der Waals surface area (Å²) in [5.74, 6) is 0. The van der Waals surface area contributed by atoms with Crippen LogP contribution in [0.15, 0.2) is 20.4 Å². The van der Waals surface area contributed by atoms with Crippen LogP contribution in [-0.2, 0) is 42.3 Å². The standard InChI is InChI=1S/C8H16N6O4S2.Cu/c9-7(19)13-11-1-3(12-14-8(10)20)5(17)6(18)4(16)2-15;/h1,4-6,15-18H,2H2,(H3,9,13,19)(H3,10,14,20);/q;+2/p-2. The van der Waals surface area contributed by atoms with Crippen LogP contribution in [0.2, 0.25) is 0 Å². The maximum Gasteiger partial charge on any atom is 2.00 e. The molecular formula is C8H14CuN6O4S2. The van der Waals surface area contributed by atoms with Crippen LogP contribution in [0.3, 0.4) is 0 Å². The second-order valence-corrected chi connectivity index (χ2v) is 4.17. The van der Waals surface area contributed by atoms with E-state index in [4.69, 9.17) is 16.6 Å². The van der Waals surface area contributed by atoms with Crippen LogP contribution < -0.4 is 11.5 Å². The molecule has 0 saturated heterocycles. The molecule has 8 N–H and O–H groups in total. The number of aliphatic hydroxyl groups is 4. The first kappa shape index (κ1) is 22.4. The van der Waals surface area contributed by atoms with E-state index >= 15 is 0 Å². The van der Waals surface area contributed by atoms with Gasteiger partial charge in [-0.05, 0) is 10.3 Å². The Morgan fingerprint density at radius 2 is 1.57 bits per heavy atom. The first-order valence-corrected chi connectivity index (χ1v) is 5.87. The van der Waals surface area contributed by atoms with Crippen molar-refractivity contribution < 1.29 is 37.5 Å². The third-order valence-electron chi connectivity index (χ3n) is 1.82. The van der Waals surface area contributed by atoms with Crippen LogP contribution in [-0.4, -0.2) is 67.6 Å². The minimum absolute atomic E-state index is 0. The molecular weight excluding hydrogens is 372 g/mol. The zero-order valence-corrected chi connectivity index (χ0v) is 12.9. The van der Waals surface area contributed by atoms with Gasteiger partial charge in [0.25, 0.3) is 0 Å². The second kappa shape index (κ2) is 11.7. The fourth-order valence-electron chi connectivity index (χ4n) is 0.907. The van der Waals surface area contributed by atoms with E-state index in [2.05, 4.69) is 45.7 Å². The van der Waals surface area contributed by atoms with Gasteiger partial charge in [0, 0.05) is 0 Å². The van der Waals surface area contributed by atoms with Crippen LogP contribution in [0, 0.1) is 0 Å². The van der Waals surface area contributed by atoms with Crippen LogP contribution in [0.5, 0.6) is 0 Å². The van der Waals surface area contributed by atoms with Gasteiger partial charge in [0.15, 0.2) is 0 Å². The van der Waals surface area contributed by atoms with Gasteiger partial charge in [0.2, 0.25) is 0 Å². The van der Waals surface area contributed by atoms with Crippen molar-refractivity contribution in [1.82, 2.24) is 0 Å². The van der Waals surface area contributed by atoms with E-state index in [0.717, 1.165) is 6.21 Å². The normalized spacial score (nSPS) is 18.2. The van der Waals surface area contributed by atoms with Gasteiger partial charge >= 0.3 is 17.1 Å². The molecule has 0 rings (SSSR count). The molecule has 0 aromatic rings. The first-order chi connectivity index (χ1) is 9.29. The molecule has 0 aliphatic rings. The second-order valence-electron chi connectivity index (χ2n) is 3.33. The summed E-state index contributed by atoms with van der Waals surface area (Å²) in [5, 5.41) is 50.0. The van der Waals surface area contributed by atoms with E-state index in [9.17, 15) is 15.3 Å². The Morgan fingerprint density at radius 3 is 2.00 bits per heavy atom. The van der Waals surface area contributed by atoms with Crippen molar-refractivity contribution in [1.29, 1.82) is 0 Å². The molecule has 21 heavy (non-hydrogen) atoms. The van der Waals surface area contributed by atoms with Crippen molar-refractivity contribution in [2.45, 2.75) is 18.3 Å². The van der Waals surface area contributed by atoms with Crippen LogP contribution in [0.1, 0.15) is 0 Å². The molecule has 13 heteroatoms. The Labute approximate surface area is 142 Å². The quantitative estimate of drug-likeness (QED) is 0.0845. The van der Waals surface area contributed by atoms with E-state index < -0.39 is 24.9 Å². The number of amidine groups is 2. The number of nitrogens with two attached hydrogens (primary N) is 2. The van der Waals surface area contributed by atoms with E-state index in [1.165, 1.54) is 0 Å². The van der Waals surface area contributed by atoms with E-state index in [0.29, 0.717) is 0 Å². The zero-order valence-electron chi connectivity index (χ0n) is 10.4. The third kappa shape index (κ3) is 9.60. The zero-order chi connectivity index (χ0) is 15.7. The molecule has 0 aliphatic carbocycles. The van der Waals surface area contributed by atoms with Gasteiger partial charge in [-0.25, -0.2) is 0 Å². The van der Waals surface area contributed by atoms with Crippen molar-refractivity contribution in [2.75, 3.05) is 6.61 Å². The SMILES string of the molecule is NC([S-])=NN=CC(=NN=C(N)[S-])C(O)C(O)C(O)CO.[Cu+2]. The Bertz CT molecular complexity index is 425.